The maximum atomic E-state index is 9.64. The molecule has 1 heterocycles. The molecule has 2 rings (SSSR count). The number of rotatable bonds is 7. The van der Waals surface area contributed by atoms with E-state index in [-0.39, 0.29) is 36.5 Å². The first-order valence-corrected chi connectivity index (χ1v) is 8.25. The summed E-state index contributed by atoms with van der Waals surface area (Å²) in [6.45, 7) is 7.62. The second-order valence-corrected chi connectivity index (χ2v) is 5.62. The molecule has 0 aliphatic carbocycles. The first-order valence-electron chi connectivity index (χ1n) is 8.25. The summed E-state index contributed by atoms with van der Waals surface area (Å²) in [5, 5.41) is 16.1. The van der Waals surface area contributed by atoms with Gasteiger partial charge in [-0.05, 0) is 26.3 Å². The van der Waals surface area contributed by atoms with Crippen molar-refractivity contribution in [3.8, 4) is 0 Å². The van der Waals surface area contributed by atoms with Gasteiger partial charge in [-0.3, -0.25) is 0 Å². The van der Waals surface area contributed by atoms with Crippen LogP contribution in [0.25, 0.3) is 0 Å². The second-order valence-electron chi connectivity index (χ2n) is 5.62. The lowest BCUT2D eigenvalue weighted by Gasteiger charge is -2.17. The SMILES string of the molecule is CCNC(=NCc1nc(C)c(C)o1)NCC(CO)c1ccccc1.I. The van der Waals surface area contributed by atoms with Crippen LogP contribution in [0.2, 0.25) is 0 Å². The van der Waals surface area contributed by atoms with Crippen LogP contribution < -0.4 is 10.6 Å². The lowest BCUT2D eigenvalue weighted by atomic mass is 10.0. The molecule has 0 fully saturated rings. The summed E-state index contributed by atoms with van der Waals surface area (Å²) in [6.07, 6.45) is 0. The smallest absolute Gasteiger partial charge is 0.216 e. The van der Waals surface area contributed by atoms with Gasteiger partial charge in [0.1, 0.15) is 12.3 Å². The molecule has 7 heteroatoms. The third kappa shape index (κ3) is 6.66. The van der Waals surface area contributed by atoms with Gasteiger partial charge >= 0.3 is 0 Å². The highest BCUT2D eigenvalue weighted by molar-refractivity contribution is 14.0. The minimum atomic E-state index is 0. The number of aliphatic hydroxyl groups is 1. The minimum Gasteiger partial charge on any atom is -0.444 e. The topological polar surface area (TPSA) is 82.7 Å². The largest absolute Gasteiger partial charge is 0.444 e. The molecule has 3 N–H and O–H groups in total. The van der Waals surface area contributed by atoms with E-state index in [1.165, 1.54) is 0 Å². The lowest BCUT2D eigenvalue weighted by molar-refractivity contribution is 0.265. The van der Waals surface area contributed by atoms with Crippen LogP contribution in [0.5, 0.6) is 0 Å². The van der Waals surface area contributed by atoms with Crippen molar-refractivity contribution in [1.29, 1.82) is 0 Å². The van der Waals surface area contributed by atoms with Crippen molar-refractivity contribution in [2.45, 2.75) is 33.2 Å². The predicted molar refractivity (Wildman–Crippen MR) is 110 cm³/mol. The number of aliphatic hydroxyl groups excluding tert-OH is 1. The van der Waals surface area contributed by atoms with Crippen molar-refractivity contribution in [2.24, 2.45) is 4.99 Å². The van der Waals surface area contributed by atoms with Crippen molar-refractivity contribution in [1.82, 2.24) is 15.6 Å². The number of aliphatic imine (C=N–C) groups is 1. The molecule has 0 saturated heterocycles. The fourth-order valence-corrected chi connectivity index (χ4v) is 2.33. The van der Waals surface area contributed by atoms with Crippen molar-refractivity contribution < 1.29 is 9.52 Å². The highest BCUT2D eigenvalue weighted by Crippen LogP contribution is 2.13. The van der Waals surface area contributed by atoms with Crippen LogP contribution in [0.1, 0.15) is 35.7 Å². The molecular formula is C18H27IN4O2. The van der Waals surface area contributed by atoms with Crippen LogP contribution in [-0.4, -0.2) is 35.7 Å². The van der Waals surface area contributed by atoms with Gasteiger partial charge in [0.05, 0.1) is 12.3 Å². The van der Waals surface area contributed by atoms with Crippen molar-refractivity contribution in [2.75, 3.05) is 19.7 Å². The number of oxazole rings is 1. The Kier molecular flexibility index (Phi) is 9.51. The van der Waals surface area contributed by atoms with E-state index in [4.69, 9.17) is 4.42 Å². The van der Waals surface area contributed by atoms with Gasteiger partial charge in [0.25, 0.3) is 0 Å². The van der Waals surface area contributed by atoms with Crippen molar-refractivity contribution in [3.63, 3.8) is 0 Å². The molecule has 6 nitrogen and oxygen atoms in total. The first-order chi connectivity index (χ1) is 11.6. The number of nitrogens with one attached hydrogen (secondary N) is 2. The standard InChI is InChI=1S/C18H26N4O2.HI/c1-4-19-18(21-11-17-22-13(2)14(3)24-17)20-10-16(12-23)15-8-6-5-7-9-15;/h5-9,16,23H,4,10-12H2,1-3H3,(H2,19,20,21);1H. The van der Waals surface area contributed by atoms with Gasteiger partial charge in [0, 0.05) is 19.0 Å². The average molecular weight is 458 g/mol. The summed E-state index contributed by atoms with van der Waals surface area (Å²) < 4.78 is 5.55. The quantitative estimate of drug-likeness (QED) is 0.338. The van der Waals surface area contributed by atoms with E-state index in [0.29, 0.717) is 24.9 Å². The van der Waals surface area contributed by atoms with Crippen LogP contribution >= 0.6 is 24.0 Å². The Balaban J connectivity index is 0.00000312. The highest BCUT2D eigenvalue weighted by Gasteiger charge is 2.11. The minimum absolute atomic E-state index is 0. The molecule has 1 atom stereocenters. The summed E-state index contributed by atoms with van der Waals surface area (Å²) >= 11 is 0. The van der Waals surface area contributed by atoms with Gasteiger partial charge in [-0.25, -0.2) is 9.98 Å². The average Bonchev–Trinajstić information content (AvgIpc) is 2.92. The van der Waals surface area contributed by atoms with Gasteiger partial charge < -0.3 is 20.2 Å². The van der Waals surface area contributed by atoms with Crippen LogP contribution in [0.15, 0.2) is 39.7 Å². The number of aromatic nitrogens is 1. The summed E-state index contributed by atoms with van der Waals surface area (Å²) in [5.41, 5.74) is 1.99. The molecule has 1 aromatic heterocycles. The molecule has 0 aliphatic heterocycles. The third-order valence-electron chi connectivity index (χ3n) is 3.80. The molecule has 138 valence electrons. The van der Waals surface area contributed by atoms with Crippen LogP contribution in [0.4, 0.5) is 0 Å². The Labute approximate surface area is 166 Å². The normalized spacial score (nSPS) is 12.4. The third-order valence-corrected chi connectivity index (χ3v) is 3.80. The Morgan fingerprint density at radius 2 is 1.96 bits per heavy atom. The van der Waals surface area contributed by atoms with E-state index in [2.05, 4.69) is 20.6 Å². The van der Waals surface area contributed by atoms with Gasteiger partial charge in [-0.2, -0.15) is 0 Å². The van der Waals surface area contributed by atoms with E-state index in [1.807, 2.05) is 51.1 Å². The van der Waals surface area contributed by atoms with Crippen LogP contribution in [-0.2, 0) is 6.54 Å². The molecule has 0 aliphatic rings. The number of hydrogen-bond donors (Lipinski definition) is 3. The van der Waals surface area contributed by atoms with E-state index >= 15 is 0 Å². The summed E-state index contributed by atoms with van der Waals surface area (Å²) in [7, 11) is 0. The highest BCUT2D eigenvalue weighted by atomic mass is 127. The number of benzene rings is 1. The lowest BCUT2D eigenvalue weighted by Crippen LogP contribution is -2.39. The number of hydrogen-bond acceptors (Lipinski definition) is 4. The van der Waals surface area contributed by atoms with Gasteiger partial charge in [0.2, 0.25) is 5.89 Å². The predicted octanol–water partition coefficient (Wildman–Crippen LogP) is 2.74. The maximum Gasteiger partial charge on any atom is 0.216 e. The number of guanidine groups is 1. The zero-order valence-corrected chi connectivity index (χ0v) is 17.3. The summed E-state index contributed by atoms with van der Waals surface area (Å²) in [6, 6.07) is 9.96. The van der Waals surface area contributed by atoms with E-state index < -0.39 is 0 Å². The van der Waals surface area contributed by atoms with E-state index in [1.54, 1.807) is 0 Å². The molecule has 25 heavy (non-hydrogen) atoms. The van der Waals surface area contributed by atoms with Crippen molar-refractivity contribution >= 4 is 29.9 Å². The number of nitrogens with zero attached hydrogens (tertiary/aromatic N) is 2. The molecule has 0 radical (unpaired) electrons. The maximum absolute atomic E-state index is 9.64. The number of halogens is 1. The Hall–Kier alpha value is -1.61. The molecule has 0 spiro atoms. The van der Waals surface area contributed by atoms with Crippen molar-refractivity contribution in [3.05, 3.63) is 53.2 Å². The fourth-order valence-electron chi connectivity index (χ4n) is 2.33. The van der Waals surface area contributed by atoms with Gasteiger partial charge in [-0.15, -0.1) is 24.0 Å². The van der Waals surface area contributed by atoms with Gasteiger partial charge in [-0.1, -0.05) is 30.3 Å². The fraction of sp³-hybridized carbons (Fsp3) is 0.444. The zero-order valence-electron chi connectivity index (χ0n) is 15.0. The molecule has 0 amide bonds. The van der Waals surface area contributed by atoms with Crippen LogP contribution in [0, 0.1) is 13.8 Å². The molecule has 1 unspecified atom stereocenters. The molecule has 1 aromatic carbocycles. The molecule has 0 saturated carbocycles. The molecule has 0 bridgehead atoms. The Bertz CT molecular complexity index is 639. The first kappa shape index (κ1) is 21.4. The Morgan fingerprint density at radius 3 is 2.52 bits per heavy atom. The van der Waals surface area contributed by atoms with Gasteiger partial charge in [0.15, 0.2) is 5.96 Å². The Morgan fingerprint density at radius 1 is 1.24 bits per heavy atom. The molecule has 2 aromatic rings. The second kappa shape index (κ2) is 11.1. The van der Waals surface area contributed by atoms with E-state index in [0.717, 1.165) is 23.6 Å². The monoisotopic (exact) mass is 458 g/mol. The van der Waals surface area contributed by atoms with E-state index in [9.17, 15) is 5.11 Å². The zero-order chi connectivity index (χ0) is 17.4. The number of aryl methyl sites for hydroxylation is 2. The molecular weight excluding hydrogens is 431 g/mol. The summed E-state index contributed by atoms with van der Waals surface area (Å²) in [4.78, 5) is 8.83. The van der Waals surface area contributed by atoms with Crippen LogP contribution in [0.3, 0.4) is 0 Å². The summed E-state index contributed by atoms with van der Waals surface area (Å²) in [5.74, 6) is 2.12.